The molecule has 0 saturated carbocycles. The fourth-order valence-corrected chi connectivity index (χ4v) is 2.57. The quantitative estimate of drug-likeness (QED) is 0.782. The summed E-state index contributed by atoms with van der Waals surface area (Å²) in [7, 11) is 1.62. The van der Waals surface area contributed by atoms with Crippen molar-refractivity contribution in [3.05, 3.63) is 58.6 Å². The van der Waals surface area contributed by atoms with E-state index in [9.17, 15) is 4.79 Å². The third-order valence-electron chi connectivity index (χ3n) is 3.14. The summed E-state index contributed by atoms with van der Waals surface area (Å²) in [5, 5.41) is 3.21. The molecule has 0 fully saturated rings. The molecule has 1 unspecified atom stereocenters. The van der Waals surface area contributed by atoms with Crippen molar-refractivity contribution in [2.24, 2.45) is 0 Å². The first-order chi connectivity index (χ1) is 10.7. The Balaban J connectivity index is 2.28. The second-order valence-corrected chi connectivity index (χ2v) is 5.43. The van der Waals surface area contributed by atoms with E-state index in [2.05, 4.69) is 21.2 Å². The lowest BCUT2D eigenvalue weighted by molar-refractivity contribution is -0.144. The maximum Gasteiger partial charge on any atom is 0.333 e. The monoisotopic (exact) mass is 363 g/mol. The molecule has 0 radical (unpaired) electrons. The largest absolute Gasteiger partial charge is 0.497 e. The molecule has 116 valence electrons. The number of esters is 1. The Morgan fingerprint density at radius 2 is 1.86 bits per heavy atom. The van der Waals surface area contributed by atoms with E-state index in [0.717, 1.165) is 21.5 Å². The van der Waals surface area contributed by atoms with Crippen molar-refractivity contribution in [1.29, 1.82) is 0 Å². The number of benzene rings is 2. The summed E-state index contributed by atoms with van der Waals surface area (Å²) in [5.74, 6) is 0.448. The molecule has 0 aromatic heterocycles. The summed E-state index contributed by atoms with van der Waals surface area (Å²) in [4.78, 5) is 12.3. The standard InChI is InChI=1S/C17H18BrNO3/c1-3-22-17(20)16(14-6-4-5-7-15(14)18)19-12-8-10-13(21-2)11-9-12/h4-11,16,19H,3H2,1-2H3. The molecule has 0 aliphatic rings. The molecule has 1 N–H and O–H groups in total. The van der Waals surface area contributed by atoms with Crippen LogP contribution in [0.25, 0.3) is 0 Å². The van der Waals surface area contributed by atoms with Gasteiger partial charge in [0.2, 0.25) is 0 Å². The second kappa shape index (κ2) is 7.84. The van der Waals surface area contributed by atoms with Crippen LogP contribution in [0.4, 0.5) is 5.69 Å². The molecule has 22 heavy (non-hydrogen) atoms. The molecule has 0 bridgehead atoms. The van der Waals surface area contributed by atoms with Crippen molar-refractivity contribution in [3.8, 4) is 5.75 Å². The van der Waals surface area contributed by atoms with Crippen LogP contribution in [0.3, 0.4) is 0 Å². The SMILES string of the molecule is CCOC(=O)C(Nc1ccc(OC)cc1)c1ccccc1Br. The number of halogens is 1. The van der Waals surface area contributed by atoms with Crippen LogP contribution < -0.4 is 10.1 Å². The molecule has 2 aromatic rings. The van der Waals surface area contributed by atoms with Gasteiger partial charge in [0.25, 0.3) is 0 Å². The van der Waals surface area contributed by atoms with Crippen LogP contribution >= 0.6 is 15.9 Å². The van der Waals surface area contributed by atoms with Gasteiger partial charge in [-0.25, -0.2) is 4.79 Å². The first-order valence-electron chi connectivity index (χ1n) is 6.97. The number of anilines is 1. The maximum atomic E-state index is 12.3. The average molecular weight is 364 g/mol. The third-order valence-corrected chi connectivity index (χ3v) is 3.86. The molecule has 2 aromatic carbocycles. The summed E-state index contributed by atoms with van der Waals surface area (Å²) in [6, 6.07) is 14.4. The van der Waals surface area contributed by atoms with Crippen molar-refractivity contribution < 1.29 is 14.3 Å². The number of carbonyl (C=O) groups excluding carboxylic acids is 1. The van der Waals surface area contributed by atoms with E-state index < -0.39 is 6.04 Å². The van der Waals surface area contributed by atoms with E-state index >= 15 is 0 Å². The summed E-state index contributed by atoms with van der Waals surface area (Å²) >= 11 is 3.48. The summed E-state index contributed by atoms with van der Waals surface area (Å²) in [6.07, 6.45) is 0. The van der Waals surface area contributed by atoms with Crippen LogP contribution in [0.1, 0.15) is 18.5 Å². The molecule has 0 amide bonds. The van der Waals surface area contributed by atoms with Gasteiger partial charge < -0.3 is 14.8 Å². The van der Waals surface area contributed by atoms with E-state index in [1.165, 1.54) is 0 Å². The van der Waals surface area contributed by atoms with E-state index in [1.807, 2.05) is 48.5 Å². The Hall–Kier alpha value is -2.01. The number of methoxy groups -OCH3 is 1. The Morgan fingerprint density at radius 1 is 1.18 bits per heavy atom. The number of rotatable bonds is 6. The van der Waals surface area contributed by atoms with Crippen LogP contribution in [-0.4, -0.2) is 19.7 Å². The first kappa shape index (κ1) is 16.4. The smallest absolute Gasteiger partial charge is 0.333 e. The van der Waals surface area contributed by atoms with Crippen molar-refractivity contribution in [2.45, 2.75) is 13.0 Å². The molecule has 4 nitrogen and oxygen atoms in total. The Kier molecular flexibility index (Phi) is 5.83. The highest BCUT2D eigenvalue weighted by molar-refractivity contribution is 9.10. The summed E-state index contributed by atoms with van der Waals surface area (Å²) < 4.78 is 11.2. The summed E-state index contributed by atoms with van der Waals surface area (Å²) in [5.41, 5.74) is 1.64. The van der Waals surface area contributed by atoms with Gasteiger partial charge in [0.05, 0.1) is 13.7 Å². The Bertz CT molecular complexity index is 628. The molecule has 0 spiro atoms. The van der Waals surface area contributed by atoms with Crippen molar-refractivity contribution in [1.82, 2.24) is 0 Å². The van der Waals surface area contributed by atoms with Gasteiger partial charge in [0.1, 0.15) is 5.75 Å². The van der Waals surface area contributed by atoms with Gasteiger partial charge in [-0.15, -0.1) is 0 Å². The maximum absolute atomic E-state index is 12.3. The van der Waals surface area contributed by atoms with Gasteiger partial charge in [0.15, 0.2) is 6.04 Å². The second-order valence-electron chi connectivity index (χ2n) is 4.58. The number of hydrogen-bond donors (Lipinski definition) is 1. The minimum absolute atomic E-state index is 0.315. The van der Waals surface area contributed by atoms with Gasteiger partial charge >= 0.3 is 5.97 Å². The molecule has 0 aliphatic heterocycles. The highest BCUT2D eigenvalue weighted by atomic mass is 79.9. The molecule has 0 aliphatic carbocycles. The molecule has 1 atom stereocenters. The molecular formula is C17H18BrNO3. The first-order valence-corrected chi connectivity index (χ1v) is 7.76. The van der Waals surface area contributed by atoms with Crippen LogP contribution in [0.2, 0.25) is 0 Å². The van der Waals surface area contributed by atoms with Gasteiger partial charge in [-0.1, -0.05) is 34.1 Å². The average Bonchev–Trinajstić information content (AvgIpc) is 2.54. The predicted molar refractivity (Wildman–Crippen MR) is 90.1 cm³/mol. The molecule has 5 heteroatoms. The number of carbonyl (C=O) groups is 1. The fourth-order valence-electron chi connectivity index (χ4n) is 2.05. The Labute approximate surface area is 138 Å². The van der Waals surface area contributed by atoms with Crippen molar-refractivity contribution >= 4 is 27.6 Å². The lowest BCUT2D eigenvalue weighted by Crippen LogP contribution is -2.23. The van der Waals surface area contributed by atoms with Gasteiger partial charge in [0, 0.05) is 10.2 Å². The summed E-state index contributed by atoms with van der Waals surface area (Å²) in [6.45, 7) is 2.13. The molecule has 2 rings (SSSR count). The fraction of sp³-hybridized carbons (Fsp3) is 0.235. The zero-order chi connectivity index (χ0) is 15.9. The predicted octanol–water partition coefficient (Wildman–Crippen LogP) is 4.17. The third kappa shape index (κ3) is 4.01. The zero-order valence-corrected chi connectivity index (χ0v) is 14.1. The topological polar surface area (TPSA) is 47.6 Å². The molecular weight excluding hydrogens is 346 g/mol. The normalized spacial score (nSPS) is 11.6. The number of ether oxygens (including phenoxy) is 2. The van der Waals surface area contributed by atoms with Crippen LogP contribution in [-0.2, 0) is 9.53 Å². The number of nitrogens with one attached hydrogen (secondary N) is 1. The highest BCUT2D eigenvalue weighted by Crippen LogP contribution is 2.28. The lowest BCUT2D eigenvalue weighted by Gasteiger charge is -2.20. The molecule has 0 heterocycles. The van der Waals surface area contributed by atoms with Crippen molar-refractivity contribution in [2.75, 3.05) is 19.0 Å². The number of hydrogen-bond acceptors (Lipinski definition) is 4. The van der Waals surface area contributed by atoms with E-state index in [1.54, 1.807) is 14.0 Å². The Morgan fingerprint density at radius 3 is 2.45 bits per heavy atom. The van der Waals surface area contributed by atoms with Crippen LogP contribution in [0, 0.1) is 0 Å². The highest BCUT2D eigenvalue weighted by Gasteiger charge is 2.23. The lowest BCUT2D eigenvalue weighted by atomic mass is 10.1. The van der Waals surface area contributed by atoms with E-state index in [-0.39, 0.29) is 5.97 Å². The molecule has 0 saturated heterocycles. The van der Waals surface area contributed by atoms with Crippen molar-refractivity contribution in [3.63, 3.8) is 0 Å². The van der Waals surface area contributed by atoms with Crippen LogP contribution in [0.15, 0.2) is 53.0 Å². The van der Waals surface area contributed by atoms with Gasteiger partial charge in [-0.2, -0.15) is 0 Å². The minimum atomic E-state index is -0.580. The van der Waals surface area contributed by atoms with Crippen LogP contribution in [0.5, 0.6) is 5.75 Å². The van der Waals surface area contributed by atoms with Gasteiger partial charge in [-0.3, -0.25) is 0 Å². The van der Waals surface area contributed by atoms with E-state index in [0.29, 0.717) is 6.61 Å². The van der Waals surface area contributed by atoms with E-state index in [4.69, 9.17) is 9.47 Å². The minimum Gasteiger partial charge on any atom is -0.497 e. The zero-order valence-electron chi connectivity index (χ0n) is 12.5. The van der Waals surface area contributed by atoms with Gasteiger partial charge in [-0.05, 0) is 42.8 Å².